The largest absolute Gasteiger partial charge is 0.325 e. The second-order valence-electron chi connectivity index (χ2n) is 5.89. The number of pyridine rings is 1. The van der Waals surface area contributed by atoms with E-state index in [1.165, 1.54) is 0 Å². The van der Waals surface area contributed by atoms with E-state index >= 15 is 0 Å². The van der Waals surface area contributed by atoms with Crippen molar-refractivity contribution in [2.24, 2.45) is 0 Å². The van der Waals surface area contributed by atoms with Crippen LogP contribution in [0.4, 0.5) is 5.82 Å². The van der Waals surface area contributed by atoms with Gasteiger partial charge in [0, 0.05) is 24.5 Å². The molecule has 0 radical (unpaired) electrons. The van der Waals surface area contributed by atoms with Crippen molar-refractivity contribution in [1.29, 1.82) is 0 Å². The predicted molar refractivity (Wildman–Crippen MR) is 89.5 cm³/mol. The number of nitrogens with one attached hydrogen (secondary N) is 2. The third-order valence-electron chi connectivity index (χ3n) is 4.10. The molecule has 24 heavy (non-hydrogen) atoms. The molecule has 1 fully saturated rings. The molecule has 126 valence electrons. The molecular formula is C17H21N5O2. The van der Waals surface area contributed by atoms with E-state index in [0.717, 1.165) is 25.0 Å². The molecule has 0 spiro atoms. The van der Waals surface area contributed by atoms with Crippen molar-refractivity contribution in [1.82, 2.24) is 20.1 Å². The highest BCUT2D eigenvalue weighted by Gasteiger charge is 2.35. The molecule has 7 heteroatoms. The van der Waals surface area contributed by atoms with Crippen molar-refractivity contribution < 1.29 is 9.59 Å². The van der Waals surface area contributed by atoms with Crippen LogP contribution in [-0.2, 0) is 11.2 Å². The zero-order valence-corrected chi connectivity index (χ0v) is 13.7. The van der Waals surface area contributed by atoms with Crippen LogP contribution in [0.2, 0.25) is 0 Å². The Labute approximate surface area is 140 Å². The minimum absolute atomic E-state index is 0.202. The fourth-order valence-electron chi connectivity index (χ4n) is 2.95. The van der Waals surface area contributed by atoms with E-state index in [1.54, 1.807) is 29.3 Å². The molecular weight excluding hydrogens is 306 g/mol. The van der Waals surface area contributed by atoms with E-state index in [0.29, 0.717) is 24.5 Å². The number of likely N-dealkylation sites (tertiary alicyclic amines) is 1. The SMILES string of the molecule is CCCc1cc(NC(=O)[C@@H]2CCCN2C(=O)c2ccccn2)n[nH]1. The Morgan fingerprint density at radius 2 is 2.29 bits per heavy atom. The summed E-state index contributed by atoms with van der Waals surface area (Å²) in [6.07, 6.45) is 4.92. The van der Waals surface area contributed by atoms with Gasteiger partial charge in [-0.05, 0) is 31.4 Å². The van der Waals surface area contributed by atoms with Crippen molar-refractivity contribution in [3.8, 4) is 0 Å². The monoisotopic (exact) mass is 327 g/mol. The fourth-order valence-corrected chi connectivity index (χ4v) is 2.95. The number of aryl methyl sites for hydroxylation is 1. The Hall–Kier alpha value is -2.70. The number of hydrogen-bond acceptors (Lipinski definition) is 4. The molecule has 1 aliphatic heterocycles. The van der Waals surface area contributed by atoms with Crippen LogP contribution >= 0.6 is 0 Å². The first-order valence-corrected chi connectivity index (χ1v) is 8.26. The van der Waals surface area contributed by atoms with Gasteiger partial charge < -0.3 is 10.2 Å². The number of rotatable bonds is 5. The fraction of sp³-hybridized carbons (Fsp3) is 0.412. The van der Waals surface area contributed by atoms with Crippen molar-refractivity contribution in [2.45, 2.75) is 38.6 Å². The maximum absolute atomic E-state index is 12.6. The van der Waals surface area contributed by atoms with Crippen molar-refractivity contribution in [3.63, 3.8) is 0 Å². The van der Waals surface area contributed by atoms with Crippen LogP contribution in [0.3, 0.4) is 0 Å². The van der Waals surface area contributed by atoms with Crippen LogP contribution in [0.25, 0.3) is 0 Å². The topological polar surface area (TPSA) is 91.0 Å². The summed E-state index contributed by atoms with van der Waals surface area (Å²) in [5, 5.41) is 9.81. The second kappa shape index (κ2) is 7.25. The quantitative estimate of drug-likeness (QED) is 0.879. The van der Waals surface area contributed by atoms with Crippen molar-refractivity contribution in [3.05, 3.63) is 41.9 Å². The smallest absolute Gasteiger partial charge is 0.273 e. The lowest BCUT2D eigenvalue weighted by Gasteiger charge is -2.23. The molecule has 1 atom stereocenters. The van der Waals surface area contributed by atoms with Gasteiger partial charge >= 0.3 is 0 Å². The maximum Gasteiger partial charge on any atom is 0.273 e. The van der Waals surface area contributed by atoms with E-state index in [4.69, 9.17) is 0 Å². The summed E-state index contributed by atoms with van der Waals surface area (Å²) in [5.41, 5.74) is 1.35. The number of carbonyl (C=O) groups is 2. The number of hydrogen-bond donors (Lipinski definition) is 2. The number of nitrogens with zero attached hydrogens (tertiary/aromatic N) is 3. The lowest BCUT2D eigenvalue weighted by molar-refractivity contribution is -0.119. The number of carbonyl (C=O) groups excluding carboxylic acids is 2. The molecule has 0 unspecified atom stereocenters. The Bertz CT molecular complexity index is 713. The normalized spacial score (nSPS) is 17.0. The summed E-state index contributed by atoms with van der Waals surface area (Å²) < 4.78 is 0. The van der Waals surface area contributed by atoms with Crippen molar-refractivity contribution >= 4 is 17.6 Å². The van der Waals surface area contributed by atoms with Crippen LogP contribution in [0, 0.1) is 0 Å². The van der Waals surface area contributed by atoms with E-state index in [-0.39, 0.29) is 11.8 Å². The first kappa shape index (κ1) is 16.2. The minimum atomic E-state index is -0.481. The Morgan fingerprint density at radius 3 is 3.04 bits per heavy atom. The van der Waals surface area contributed by atoms with Gasteiger partial charge in [0.25, 0.3) is 5.91 Å². The van der Waals surface area contributed by atoms with Gasteiger partial charge in [-0.2, -0.15) is 5.10 Å². The Kier molecular flexibility index (Phi) is 4.88. The van der Waals surface area contributed by atoms with E-state index in [1.807, 2.05) is 6.07 Å². The molecule has 2 amide bonds. The Balaban J connectivity index is 1.68. The van der Waals surface area contributed by atoms with Crippen molar-refractivity contribution in [2.75, 3.05) is 11.9 Å². The number of H-pyrrole nitrogens is 1. The number of aromatic nitrogens is 3. The van der Waals surface area contributed by atoms with Gasteiger partial charge in [-0.15, -0.1) is 0 Å². The number of amides is 2. The molecule has 3 heterocycles. The van der Waals surface area contributed by atoms with Crippen LogP contribution in [0.15, 0.2) is 30.5 Å². The molecule has 0 saturated carbocycles. The summed E-state index contributed by atoms with van der Waals surface area (Å²) in [5.74, 6) is 0.0915. The predicted octanol–water partition coefficient (Wildman–Crippen LogP) is 2.00. The van der Waals surface area contributed by atoms with E-state index in [2.05, 4.69) is 27.4 Å². The van der Waals surface area contributed by atoms with Gasteiger partial charge in [-0.3, -0.25) is 19.7 Å². The van der Waals surface area contributed by atoms with Crippen LogP contribution in [0.5, 0.6) is 0 Å². The van der Waals surface area contributed by atoms with Gasteiger partial charge in [-0.25, -0.2) is 0 Å². The van der Waals surface area contributed by atoms with Gasteiger partial charge in [0.1, 0.15) is 11.7 Å². The zero-order chi connectivity index (χ0) is 16.9. The molecule has 1 saturated heterocycles. The average Bonchev–Trinajstić information content (AvgIpc) is 3.25. The van der Waals surface area contributed by atoms with E-state index < -0.39 is 6.04 Å². The third-order valence-corrected chi connectivity index (χ3v) is 4.10. The first-order valence-electron chi connectivity index (χ1n) is 8.26. The Morgan fingerprint density at radius 1 is 1.42 bits per heavy atom. The minimum Gasteiger partial charge on any atom is -0.325 e. The number of anilines is 1. The van der Waals surface area contributed by atoms with Crippen LogP contribution in [0.1, 0.15) is 42.4 Å². The van der Waals surface area contributed by atoms with Gasteiger partial charge in [0.2, 0.25) is 5.91 Å². The lowest BCUT2D eigenvalue weighted by Crippen LogP contribution is -2.43. The molecule has 1 aliphatic rings. The second-order valence-corrected chi connectivity index (χ2v) is 5.89. The highest BCUT2D eigenvalue weighted by Crippen LogP contribution is 2.21. The van der Waals surface area contributed by atoms with Gasteiger partial charge in [0.15, 0.2) is 5.82 Å². The highest BCUT2D eigenvalue weighted by molar-refractivity contribution is 6.00. The molecule has 2 aromatic rings. The summed E-state index contributed by atoms with van der Waals surface area (Å²) in [6, 6.07) is 6.55. The summed E-state index contributed by atoms with van der Waals surface area (Å²) in [4.78, 5) is 30.8. The summed E-state index contributed by atoms with van der Waals surface area (Å²) >= 11 is 0. The van der Waals surface area contributed by atoms with Gasteiger partial charge in [0.05, 0.1) is 0 Å². The lowest BCUT2D eigenvalue weighted by atomic mass is 10.2. The molecule has 2 N–H and O–H groups in total. The van der Waals surface area contributed by atoms with E-state index in [9.17, 15) is 9.59 Å². The molecule has 3 rings (SSSR count). The number of aromatic amines is 1. The molecule has 7 nitrogen and oxygen atoms in total. The highest BCUT2D eigenvalue weighted by atomic mass is 16.2. The average molecular weight is 327 g/mol. The molecule has 0 aromatic carbocycles. The molecule has 0 aliphatic carbocycles. The van der Waals surface area contributed by atoms with Gasteiger partial charge in [-0.1, -0.05) is 19.4 Å². The maximum atomic E-state index is 12.6. The summed E-state index contributed by atoms with van der Waals surface area (Å²) in [6.45, 7) is 2.65. The zero-order valence-electron chi connectivity index (χ0n) is 13.7. The standard InChI is InChI=1S/C17H21N5O2/c1-2-6-12-11-15(21-20-12)19-16(23)14-8-5-10-22(14)17(24)13-7-3-4-9-18-13/h3-4,7,9,11,14H,2,5-6,8,10H2,1H3,(H2,19,20,21,23)/t14-/m0/s1. The molecule has 2 aromatic heterocycles. The van der Waals surface area contributed by atoms with Crippen LogP contribution < -0.4 is 5.32 Å². The molecule has 0 bridgehead atoms. The third kappa shape index (κ3) is 3.45. The first-order chi connectivity index (χ1) is 11.7. The van der Waals surface area contributed by atoms with Crippen LogP contribution in [-0.4, -0.2) is 44.5 Å². The summed E-state index contributed by atoms with van der Waals surface area (Å²) in [7, 11) is 0.